The van der Waals surface area contributed by atoms with Crippen molar-refractivity contribution in [3.63, 3.8) is 0 Å². The molecule has 0 spiro atoms. The monoisotopic (exact) mass is 700 g/mol. The van der Waals surface area contributed by atoms with Crippen molar-refractivity contribution in [2.75, 3.05) is 0 Å². The Morgan fingerprint density at radius 1 is 0.382 bits per heavy atom. The lowest BCUT2D eigenvalue weighted by Crippen LogP contribution is -1.99. The lowest BCUT2D eigenvalue weighted by molar-refractivity contribution is 1.05. The average molecular weight is 701 g/mol. The first-order valence-corrected chi connectivity index (χ1v) is 18.7. The maximum atomic E-state index is 5.02. The average Bonchev–Trinajstić information content (AvgIpc) is 3.64. The highest BCUT2D eigenvalue weighted by molar-refractivity contribution is 6.22. The number of hydrogen-bond acceptors (Lipinski definition) is 1. The van der Waals surface area contributed by atoms with Gasteiger partial charge in [-0.05, 0) is 119 Å². The summed E-state index contributed by atoms with van der Waals surface area (Å²) in [6.45, 7) is 8.14. The van der Waals surface area contributed by atoms with Gasteiger partial charge in [0.2, 0.25) is 0 Å². The first kappa shape index (κ1) is 32.4. The largest absolute Gasteiger partial charge is 0.292 e. The van der Waals surface area contributed by atoms with Crippen LogP contribution in [0.5, 0.6) is 0 Å². The molecular formula is C53H36N2. The van der Waals surface area contributed by atoms with Gasteiger partial charge in [0.25, 0.3) is 0 Å². The Morgan fingerprint density at radius 3 is 1.47 bits per heavy atom. The van der Waals surface area contributed by atoms with Crippen LogP contribution in [-0.2, 0) is 0 Å². The van der Waals surface area contributed by atoms with Crippen molar-refractivity contribution < 1.29 is 0 Å². The summed E-state index contributed by atoms with van der Waals surface area (Å²) < 4.78 is 2.16. The summed E-state index contributed by atoms with van der Waals surface area (Å²) >= 11 is 0. The molecule has 0 bridgehead atoms. The van der Waals surface area contributed by atoms with E-state index in [1.807, 2.05) is 24.3 Å². The molecule has 0 fully saturated rings. The SMILES string of the molecule is C=Cc1nc(-c2ccc(-c3ccc4c(-c5ccc6ccccc6c5)c5ccccc5c(-c5ccc6ccccc6c5)c4c3)cc2)n(-c2ccccc2)c1C=C. The lowest BCUT2D eigenvalue weighted by Gasteiger charge is -2.19. The Bertz CT molecular complexity index is 3110. The Kier molecular flexibility index (Phi) is 7.82. The van der Waals surface area contributed by atoms with Crippen LogP contribution in [0.15, 0.2) is 195 Å². The topological polar surface area (TPSA) is 17.8 Å². The molecular weight excluding hydrogens is 665 g/mol. The van der Waals surface area contributed by atoms with Gasteiger partial charge in [0.15, 0.2) is 0 Å². The van der Waals surface area contributed by atoms with Crippen LogP contribution in [-0.4, -0.2) is 9.55 Å². The zero-order valence-electron chi connectivity index (χ0n) is 30.3. The molecule has 10 aromatic rings. The van der Waals surface area contributed by atoms with Gasteiger partial charge in [0.05, 0.1) is 11.4 Å². The summed E-state index contributed by atoms with van der Waals surface area (Å²) in [5.74, 6) is 0.853. The molecule has 0 saturated carbocycles. The van der Waals surface area contributed by atoms with Crippen molar-refractivity contribution in [3.8, 4) is 50.5 Å². The van der Waals surface area contributed by atoms with E-state index in [2.05, 4.69) is 182 Å². The van der Waals surface area contributed by atoms with Crippen LogP contribution in [0.4, 0.5) is 0 Å². The molecule has 10 rings (SSSR count). The molecule has 0 unspecified atom stereocenters. The molecule has 0 atom stereocenters. The van der Waals surface area contributed by atoms with E-state index in [1.54, 1.807) is 6.08 Å². The van der Waals surface area contributed by atoms with E-state index in [4.69, 9.17) is 4.98 Å². The van der Waals surface area contributed by atoms with Gasteiger partial charge in [-0.1, -0.05) is 165 Å². The van der Waals surface area contributed by atoms with Crippen molar-refractivity contribution in [2.45, 2.75) is 0 Å². The van der Waals surface area contributed by atoms with E-state index in [0.29, 0.717) is 0 Å². The minimum Gasteiger partial charge on any atom is -0.292 e. The zero-order valence-corrected chi connectivity index (χ0v) is 30.3. The zero-order chi connectivity index (χ0) is 36.9. The first-order chi connectivity index (χ1) is 27.2. The second-order valence-corrected chi connectivity index (χ2v) is 14.0. The van der Waals surface area contributed by atoms with E-state index in [0.717, 1.165) is 39.6 Å². The molecule has 55 heavy (non-hydrogen) atoms. The van der Waals surface area contributed by atoms with Crippen molar-refractivity contribution >= 4 is 55.2 Å². The fourth-order valence-corrected chi connectivity index (χ4v) is 8.31. The molecule has 1 heterocycles. The van der Waals surface area contributed by atoms with Crippen molar-refractivity contribution in [1.29, 1.82) is 0 Å². The van der Waals surface area contributed by atoms with Gasteiger partial charge in [0.1, 0.15) is 5.82 Å². The molecule has 0 aliphatic heterocycles. The third-order valence-electron chi connectivity index (χ3n) is 10.9. The minimum atomic E-state index is 0.808. The second-order valence-electron chi connectivity index (χ2n) is 14.0. The third-order valence-corrected chi connectivity index (χ3v) is 10.9. The van der Waals surface area contributed by atoms with Crippen LogP contribution in [0, 0.1) is 0 Å². The molecule has 2 nitrogen and oxygen atoms in total. The second kappa shape index (κ2) is 13.3. The summed E-state index contributed by atoms with van der Waals surface area (Å²) in [6.07, 6.45) is 3.65. The van der Waals surface area contributed by atoms with E-state index in [9.17, 15) is 0 Å². The number of benzene rings is 9. The van der Waals surface area contributed by atoms with Gasteiger partial charge in [-0.25, -0.2) is 4.98 Å². The summed E-state index contributed by atoms with van der Waals surface area (Å²) in [5, 5.41) is 9.90. The van der Waals surface area contributed by atoms with Crippen LogP contribution in [0.3, 0.4) is 0 Å². The highest BCUT2D eigenvalue weighted by Gasteiger charge is 2.20. The maximum Gasteiger partial charge on any atom is 0.145 e. The highest BCUT2D eigenvalue weighted by atomic mass is 15.1. The summed E-state index contributed by atoms with van der Waals surface area (Å²) in [6, 6.07) is 65.9. The lowest BCUT2D eigenvalue weighted by atomic mass is 9.84. The first-order valence-electron chi connectivity index (χ1n) is 18.7. The Morgan fingerprint density at radius 2 is 0.873 bits per heavy atom. The number of rotatable bonds is 7. The van der Waals surface area contributed by atoms with Gasteiger partial charge < -0.3 is 0 Å². The van der Waals surface area contributed by atoms with Gasteiger partial charge >= 0.3 is 0 Å². The Balaban J connectivity index is 1.19. The predicted octanol–water partition coefficient (Wildman–Crippen LogP) is 14.4. The molecule has 0 saturated heterocycles. The minimum absolute atomic E-state index is 0.808. The van der Waals surface area contributed by atoms with Crippen molar-refractivity contribution in [1.82, 2.24) is 9.55 Å². The van der Waals surface area contributed by atoms with Crippen molar-refractivity contribution in [3.05, 3.63) is 207 Å². The molecule has 9 aromatic carbocycles. The van der Waals surface area contributed by atoms with Gasteiger partial charge in [-0.3, -0.25) is 4.57 Å². The normalized spacial score (nSPS) is 11.4. The fourth-order valence-electron chi connectivity index (χ4n) is 8.31. The number of imidazole rings is 1. The standard InChI is InChI=1S/C53H36N2/c1-3-49-50(4-2)55(44-18-6-5-7-19-44)53(54-49)38-26-22-37(23-27-38)41-30-31-47-48(34-41)52(43-29-25-36-15-9-11-17-40(36)33-43)46-21-13-12-20-45(46)51(47)42-28-24-35-14-8-10-16-39(35)32-42/h3-34H,1-2H2. The molecule has 0 radical (unpaired) electrons. The highest BCUT2D eigenvalue weighted by Crippen LogP contribution is 2.46. The number of para-hydroxylation sites is 1. The number of fused-ring (bicyclic) bond motifs is 4. The van der Waals surface area contributed by atoms with Gasteiger partial charge in [-0.15, -0.1) is 0 Å². The van der Waals surface area contributed by atoms with E-state index >= 15 is 0 Å². The molecule has 0 N–H and O–H groups in total. The molecule has 0 aliphatic carbocycles. The van der Waals surface area contributed by atoms with Crippen molar-refractivity contribution in [2.24, 2.45) is 0 Å². The number of nitrogens with zero attached hydrogens (tertiary/aromatic N) is 2. The molecule has 2 heteroatoms. The molecule has 0 amide bonds. The molecule has 1 aromatic heterocycles. The van der Waals surface area contributed by atoms with E-state index in [-0.39, 0.29) is 0 Å². The number of hydrogen-bond donors (Lipinski definition) is 0. The third kappa shape index (κ3) is 5.47. The van der Waals surface area contributed by atoms with Gasteiger partial charge in [-0.2, -0.15) is 0 Å². The quantitative estimate of drug-likeness (QED) is 0.151. The predicted molar refractivity (Wildman–Crippen MR) is 236 cm³/mol. The molecule has 258 valence electrons. The summed E-state index contributed by atoms with van der Waals surface area (Å²) in [7, 11) is 0. The van der Waals surface area contributed by atoms with E-state index < -0.39 is 0 Å². The Hall–Kier alpha value is -7.29. The summed E-state index contributed by atoms with van der Waals surface area (Å²) in [4.78, 5) is 5.02. The van der Waals surface area contributed by atoms with Crippen LogP contribution < -0.4 is 0 Å². The smallest absolute Gasteiger partial charge is 0.145 e. The van der Waals surface area contributed by atoms with Crippen LogP contribution in [0.2, 0.25) is 0 Å². The van der Waals surface area contributed by atoms with Gasteiger partial charge in [0, 0.05) is 11.3 Å². The fraction of sp³-hybridized carbons (Fsp3) is 0. The maximum absolute atomic E-state index is 5.02. The number of aromatic nitrogens is 2. The van der Waals surface area contributed by atoms with Crippen LogP contribution in [0.25, 0.3) is 106 Å². The molecule has 0 aliphatic rings. The van der Waals surface area contributed by atoms with Crippen LogP contribution in [0.1, 0.15) is 11.4 Å². The summed E-state index contributed by atoms with van der Waals surface area (Å²) in [5.41, 5.74) is 11.0. The Labute approximate surface area is 320 Å². The van der Waals surface area contributed by atoms with Crippen LogP contribution >= 0.6 is 0 Å². The van der Waals surface area contributed by atoms with E-state index in [1.165, 1.54) is 65.3 Å².